The monoisotopic (exact) mass is 748 g/mol. The molecule has 2 heterocycles. The Labute approximate surface area is 338 Å². The molecule has 0 fully saturated rings. The lowest BCUT2D eigenvalue weighted by molar-refractivity contribution is 0.669. The minimum Gasteiger partial charge on any atom is -0.456 e. The maximum Gasteiger partial charge on any atom is 0.160 e. The maximum absolute atomic E-state index is 6.23. The van der Waals surface area contributed by atoms with Crippen molar-refractivity contribution in [2.24, 2.45) is 0 Å². The van der Waals surface area contributed by atoms with Gasteiger partial charge in [-0.3, -0.25) is 0 Å². The third-order valence-electron chi connectivity index (χ3n) is 12.4. The van der Waals surface area contributed by atoms with Crippen LogP contribution in [0.3, 0.4) is 0 Å². The molecule has 0 unspecified atom stereocenters. The molecule has 0 atom stereocenters. The summed E-state index contributed by atoms with van der Waals surface area (Å²) < 4.78 is 6.23. The van der Waals surface area contributed by atoms with E-state index in [9.17, 15) is 0 Å². The number of benzene rings is 10. The van der Waals surface area contributed by atoms with Crippen LogP contribution < -0.4 is 0 Å². The van der Waals surface area contributed by atoms with Crippen LogP contribution >= 0.6 is 0 Å². The fourth-order valence-corrected chi connectivity index (χ4v) is 9.73. The summed E-state index contributed by atoms with van der Waals surface area (Å²) >= 11 is 0. The molecule has 272 valence electrons. The maximum atomic E-state index is 6.23. The summed E-state index contributed by atoms with van der Waals surface area (Å²) in [5.74, 6) is 0.696. The molecule has 2 aromatic heterocycles. The second kappa shape index (κ2) is 12.3. The largest absolute Gasteiger partial charge is 0.456 e. The number of hydrogen-bond donors (Lipinski definition) is 0. The van der Waals surface area contributed by atoms with Crippen molar-refractivity contribution in [1.82, 2.24) is 9.97 Å². The van der Waals surface area contributed by atoms with Gasteiger partial charge < -0.3 is 4.42 Å². The van der Waals surface area contributed by atoms with E-state index >= 15 is 0 Å². The van der Waals surface area contributed by atoms with Crippen LogP contribution in [0.2, 0.25) is 0 Å². The van der Waals surface area contributed by atoms with Gasteiger partial charge in [0.15, 0.2) is 5.82 Å². The molecule has 3 heteroatoms. The number of fused-ring (bicyclic) bond motifs is 5. The van der Waals surface area contributed by atoms with E-state index in [0.717, 1.165) is 61.1 Å². The van der Waals surface area contributed by atoms with Crippen LogP contribution in [0.4, 0.5) is 0 Å². The van der Waals surface area contributed by atoms with E-state index < -0.39 is 0 Å². The average molecular weight is 749 g/mol. The fourth-order valence-electron chi connectivity index (χ4n) is 9.73. The molecular formula is C56H32N2O. The van der Waals surface area contributed by atoms with Gasteiger partial charge in [-0.1, -0.05) is 164 Å². The first-order chi connectivity index (χ1) is 29.2. The lowest BCUT2D eigenvalue weighted by Gasteiger charge is -2.17. The smallest absolute Gasteiger partial charge is 0.160 e. The normalized spacial score (nSPS) is 12.1. The molecule has 0 aliphatic heterocycles. The highest BCUT2D eigenvalue weighted by molar-refractivity contribution is 6.37. The van der Waals surface area contributed by atoms with E-state index in [2.05, 4.69) is 170 Å². The molecule has 3 nitrogen and oxygen atoms in total. The second-order valence-corrected chi connectivity index (χ2v) is 15.6. The van der Waals surface area contributed by atoms with E-state index in [-0.39, 0.29) is 0 Å². The van der Waals surface area contributed by atoms with E-state index in [1.165, 1.54) is 64.6 Å². The average Bonchev–Trinajstić information content (AvgIpc) is 3.69. The van der Waals surface area contributed by atoms with Gasteiger partial charge in [0.05, 0.1) is 11.4 Å². The van der Waals surface area contributed by atoms with Crippen LogP contribution in [0.15, 0.2) is 199 Å². The van der Waals surface area contributed by atoms with Gasteiger partial charge in [0.25, 0.3) is 0 Å². The Morgan fingerprint density at radius 3 is 1.51 bits per heavy atom. The van der Waals surface area contributed by atoms with E-state index in [4.69, 9.17) is 14.4 Å². The molecule has 0 N–H and O–H groups in total. The van der Waals surface area contributed by atoms with Crippen LogP contribution in [0.25, 0.3) is 132 Å². The minimum atomic E-state index is 0.696. The third kappa shape index (κ3) is 4.82. The van der Waals surface area contributed by atoms with Crippen molar-refractivity contribution < 1.29 is 4.42 Å². The molecule has 13 aromatic rings. The molecule has 0 aliphatic carbocycles. The Morgan fingerprint density at radius 1 is 0.288 bits per heavy atom. The number of nitrogens with zero attached hydrogens (tertiary/aromatic N) is 2. The SMILES string of the molecule is c1ccc(-c2nc(-c3ccc(-c4cccc5oc6ccccc6c45)cc3)cc(-c3cc4ccc5cccc6c7cccc8ccc9cccc(c(c3)c4c56)c9c87)n2)cc1. The summed E-state index contributed by atoms with van der Waals surface area (Å²) in [6.07, 6.45) is 0. The van der Waals surface area contributed by atoms with Gasteiger partial charge in [0.2, 0.25) is 0 Å². The Balaban J connectivity index is 1.06. The number of hydrogen-bond acceptors (Lipinski definition) is 3. The highest BCUT2D eigenvalue weighted by Gasteiger charge is 2.19. The predicted octanol–water partition coefficient (Wildman–Crippen LogP) is 15.4. The van der Waals surface area contributed by atoms with Crippen LogP contribution in [0, 0.1) is 0 Å². The zero-order valence-electron chi connectivity index (χ0n) is 31.8. The molecule has 0 amide bonds. The summed E-state index contributed by atoms with van der Waals surface area (Å²) in [6.45, 7) is 0. The van der Waals surface area contributed by atoms with Gasteiger partial charge in [-0.25, -0.2) is 9.97 Å². The molecule has 0 aliphatic rings. The first kappa shape index (κ1) is 32.2. The van der Waals surface area contributed by atoms with Gasteiger partial charge >= 0.3 is 0 Å². The Hall–Kier alpha value is -7.88. The Bertz CT molecular complexity index is 3820. The standard InChI is InChI=1S/C56H32N2O/c1-2-10-38(11-3-1)56-57-47(34-24-22-33(23-25-34)41-16-9-21-50-55(41)45-15-4-5-20-49(45)59-50)32-48(58-56)40-30-39-29-28-37-13-7-18-43-42-17-6-12-35-26-27-36-14-8-19-44(53(36)51(35)42)46(31-40)54(39)52(37)43/h1-32H. The van der Waals surface area contributed by atoms with Gasteiger partial charge in [-0.15, -0.1) is 0 Å². The summed E-state index contributed by atoms with van der Waals surface area (Å²) in [4.78, 5) is 10.5. The van der Waals surface area contributed by atoms with E-state index in [1.54, 1.807) is 0 Å². The fraction of sp³-hybridized carbons (Fsp3) is 0. The second-order valence-electron chi connectivity index (χ2n) is 15.6. The van der Waals surface area contributed by atoms with E-state index in [1.807, 2.05) is 24.3 Å². The van der Waals surface area contributed by atoms with Gasteiger partial charge in [-0.2, -0.15) is 0 Å². The number of furan rings is 1. The molecule has 0 saturated heterocycles. The highest BCUT2D eigenvalue weighted by atomic mass is 16.3. The summed E-state index contributed by atoms with van der Waals surface area (Å²) in [6, 6.07) is 69.8. The predicted molar refractivity (Wildman–Crippen MR) is 247 cm³/mol. The molecule has 0 radical (unpaired) electrons. The van der Waals surface area contributed by atoms with Crippen molar-refractivity contribution in [2.45, 2.75) is 0 Å². The van der Waals surface area contributed by atoms with E-state index in [0.29, 0.717) is 5.82 Å². The molecule has 0 bridgehead atoms. The first-order valence-corrected chi connectivity index (χ1v) is 20.1. The quantitative estimate of drug-likeness (QED) is 0.168. The topological polar surface area (TPSA) is 38.9 Å². The van der Waals surface area contributed by atoms with Crippen molar-refractivity contribution in [3.05, 3.63) is 194 Å². The zero-order valence-corrected chi connectivity index (χ0v) is 31.8. The lowest BCUT2D eigenvalue weighted by atomic mass is 9.87. The summed E-state index contributed by atoms with van der Waals surface area (Å²) in [5.41, 5.74) is 8.87. The number of aromatic nitrogens is 2. The van der Waals surface area contributed by atoms with Crippen LogP contribution in [0.5, 0.6) is 0 Å². The first-order valence-electron chi connectivity index (χ1n) is 20.1. The minimum absolute atomic E-state index is 0.696. The molecule has 0 saturated carbocycles. The van der Waals surface area contributed by atoms with Crippen molar-refractivity contribution >= 4 is 86.6 Å². The zero-order chi connectivity index (χ0) is 38.6. The lowest BCUT2D eigenvalue weighted by Crippen LogP contribution is -1.96. The Kier molecular flexibility index (Phi) is 6.72. The molecular weight excluding hydrogens is 717 g/mol. The van der Waals surface area contributed by atoms with Crippen molar-refractivity contribution in [3.8, 4) is 45.0 Å². The van der Waals surface area contributed by atoms with Gasteiger partial charge in [0, 0.05) is 27.5 Å². The van der Waals surface area contributed by atoms with Crippen LogP contribution in [-0.4, -0.2) is 9.97 Å². The summed E-state index contributed by atoms with van der Waals surface area (Å²) in [7, 11) is 0. The highest BCUT2D eigenvalue weighted by Crippen LogP contribution is 2.45. The molecule has 0 spiro atoms. The molecule has 59 heavy (non-hydrogen) atoms. The van der Waals surface area contributed by atoms with Gasteiger partial charge in [-0.05, 0) is 106 Å². The number of rotatable bonds is 4. The summed E-state index contributed by atoms with van der Waals surface area (Å²) in [5, 5.41) is 17.3. The van der Waals surface area contributed by atoms with Crippen LogP contribution in [-0.2, 0) is 0 Å². The molecule has 11 aromatic carbocycles. The van der Waals surface area contributed by atoms with Gasteiger partial charge in [0.1, 0.15) is 11.2 Å². The van der Waals surface area contributed by atoms with Crippen LogP contribution in [0.1, 0.15) is 0 Å². The number of para-hydroxylation sites is 1. The van der Waals surface area contributed by atoms with Crippen molar-refractivity contribution in [2.75, 3.05) is 0 Å². The Morgan fingerprint density at radius 2 is 0.814 bits per heavy atom. The molecule has 13 rings (SSSR count). The van der Waals surface area contributed by atoms with Crippen molar-refractivity contribution in [3.63, 3.8) is 0 Å². The third-order valence-corrected chi connectivity index (χ3v) is 12.4. The van der Waals surface area contributed by atoms with Crippen molar-refractivity contribution in [1.29, 1.82) is 0 Å².